The number of aliphatic hydroxyl groups excluding tert-OH is 3. The number of fused-ring (bicyclic) bond motifs is 10. The van der Waals surface area contributed by atoms with Crippen LogP contribution in [0.4, 0.5) is 0 Å². The lowest BCUT2D eigenvalue weighted by molar-refractivity contribution is -0.950. The Kier molecular flexibility index (Phi) is 7.15. The van der Waals surface area contributed by atoms with Crippen molar-refractivity contribution in [1.82, 2.24) is 0 Å². The van der Waals surface area contributed by atoms with Crippen LogP contribution in [0, 0.1) is 62.6 Å². The average molecular weight is 648 g/mol. The normalized spacial score (nSPS) is 58.0. The molecule has 0 aromatic carbocycles. The zero-order valence-corrected chi connectivity index (χ0v) is 29.0. The Bertz CT molecular complexity index is 1100. The molecule has 4 nitrogen and oxygen atoms in total. The summed E-state index contributed by atoms with van der Waals surface area (Å²) in [5.41, 5.74) is 2.35. The molecule has 42 heavy (non-hydrogen) atoms. The number of hydrogen-bond donors (Lipinski definition) is 3. The molecule has 3 heterocycles. The second kappa shape index (κ2) is 9.79. The van der Waals surface area contributed by atoms with Crippen molar-refractivity contribution in [2.45, 2.75) is 129 Å². The molecule has 0 spiro atoms. The topological polar surface area (TPSA) is 60.7 Å². The van der Waals surface area contributed by atoms with Crippen LogP contribution in [0.5, 0.6) is 0 Å². The van der Waals surface area contributed by atoms with Crippen LogP contribution in [0.2, 0.25) is 0 Å². The van der Waals surface area contributed by atoms with Crippen molar-refractivity contribution >= 4 is 15.9 Å². The SMILES string of the molecule is C=C(C[N+]12CCC(CC1)C(O)C2Br)[C@@H]1CC[C@]2(CO)CC[C@]3(C)[C@H](CCC4[C@@]5(C)CCC(O)C(C)(C)[C@@H]5CC[C@]43C)[C@@H]12. The summed E-state index contributed by atoms with van der Waals surface area (Å²) >= 11 is 3.98. The minimum Gasteiger partial charge on any atom is -0.396 e. The highest BCUT2D eigenvalue weighted by Crippen LogP contribution is 2.77. The van der Waals surface area contributed by atoms with Crippen LogP contribution >= 0.6 is 15.9 Å². The minimum atomic E-state index is -0.240. The largest absolute Gasteiger partial charge is 0.396 e. The Balaban J connectivity index is 1.20. The maximum Gasteiger partial charge on any atom is 0.171 e. The number of halogens is 1. The van der Waals surface area contributed by atoms with E-state index >= 15 is 0 Å². The minimum absolute atomic E-state index is 0.00421. The maximum atomic E-state index is 11.1. The summed E-state index contributed by atoms with van der Waals surface area (Å²) in [6.45, 7) is 21.2. The molecule has 0 radical (unpaired) electrons. The first-order valence-electron chi connectivity index (χ1n) is 17.8. The van der Waals surface area contributed by atoms with Crippen LogP contribution in [0.25, 0.3) is 0 Å². The first-order chi connectivity index (χ1) is 19.7. The van der Waals surface area contributed by atoms with E-state index in [2.05, 4.69) is 50.5 Å². The summed E-state index contributed by atoms with van der Waals surface area (Å²) in [7, 11) is 0. The van der Waals surface area contributed by atoms with E-state index in [0.717, 1.165) is 49.8 Å². The summed E-state index contributed by atoms with van der Waals surface area (Å²) in [6.07, 6.45) is 13.9. The molecule has 238 valence electrons. The maximum absolute atomic E-state index is 11.1. The number of rotatable bonds is 4. The summed E-state index contributed by atoms with van der Waals surface area (Å²) in [5.74, 6) is 3.43. The van der Waals surface area contributed by atoms with Gasteiger partial charge in [-0.2, -0.15) is 0 Å². The monoisotopic (exact) mass is 646 g/mol. The van der Waals surface area contributed by atoms with Crippen LogP contribution in [0.15, 0.2) is 12.2 Å². The first kappa shape index (κ1) is 30.7. The van der Waals surface area contributed by atoms with Crippen molar-refractivity contribution in [3.63, 3.8) is 0 Å². The quantitative estimate of drug-likeness (QED) is 0.130. The molecule has 3 aliphatic heterocycles. The van der Waals surface area contributed by atoms with Crippen LogP contribution in [0.3, 0.4) is 0 Å². The summed E-state index contributed by atoms with van der Waals surface area (Å²) in [6, 6.07) is 0. The highest BCUT2D eigenvalue weighted by Gasteiger charge is 2.71. The molecule has 5 saturated carbocycles. The fourth-order valence-electron chi connectivity index (χ4n) is 14.5. The van der Waals surface area contributed by atoms with E-state index in [4.69, 9.17) is 6.58 Å². The molecule has 3 saturated heterocycles. The Morgan fingerprint density at radius 2 is 1.52 bits per heavy atom. The van der Waals surface area contributed by atoms with E-state index < -0.39 is 0 Å². The number of hydrogen-bond acceptors (Lipinski definition) is 3. The van der Waals surface area contributed by atoms with Gasteiger partial charge in [-0.05, 0) is 142 Å². The van der Waals surface area contributed by atoms with E-state index in [-0.39, 0.29) is 33.4 Å². The van der Waals surface area contributed by atoms with Gasteiger partial charge < -0.3 is 19.8 Å². The third-order valence-corrected chi connectivity index (χ3v) is 18.5. The Hall–Kier alpha value is 0.0600. The molecule has 0 aromatic heterocycles. The lowest BCUT2D eigenvalue weighted by atomic mass is 9.32. The van der Waals surface area contributed by atoms with Gasteiger partial charge in [0.2, 0.25) is 0 Å². The standard InChI is InChI=1S/C37H61BrNO3/c1-23(21-39-19-12-24(13-20-39)31(42)32(39)38)25-9-16-37(22-40)18-17-35(5)26(30(25)37)7-8-28-34(4)14-11-29(41)33(2,3)27(34)10-15-36(28,35)6/h24-32,40-42H,1,7-22H2,2-6H3/q+1/t24?,25-,26+,27-,28?,29?,30+,31?,32?,34-,35+,36+,37+,39?/m0/s1. The van der Waals surface area contributed by atoms with Gasteiger partial charge in [0, 0.05) is 25.4 Å². The molecule has 4 unspecified atom stereocenters. The van der Waals surface area contributed by atoms with E-state index in [1.807, 2.05) is 0 Å². The number of aliphatic hydroxyl groups is 3. The Labute approximate surface area is 264 Å². The number of quaternary nitrogens is 1. The zero-order chi connectivity index (χ0) is 30.1. The van der Waals surface area contributed by atoms with Crippen LogP contribution in [-0.4, -0.2) is 63.2 Å². The molecule has 8 rings (SSSR count). The predicted molar refractivity (Wildman–Crippen MR) is 173 cm³/mol. The fourth-order valence-corrected chi connectivity index (χ4v) is 15.4. The lowest BCUT2D eigenvalue weighted by Gasteiger charge is -2.73. The number of alkyl halides is 1. The van der Waals surface area contributed by atoms with Gasteiger partial charge in [-0.3, -0.25) is 0 Å². The smallest absolute Gasteiger partial charge is 0.171 e. The zero-order valence-electron chi connectivity index (χ0n) is 27.4. The molecule has 5 heteroatoms. The molecule has 2 bridgehead atoms. The average Bonchev–Trinajstić information content (AvgIpc) is 3.35. The van der Waals surface area contributed by atoms with E-state index in [1.165, 1.54) is 56.9 Å². The van der Waals surface area contributed by atoms with Crippen LogP contribution in [0.1, 0.15) is 112 Å². The van der Waals surface area contributed by atoms with Gasteiger partial charge in [0.1, 0.15) is 12.6 Å². The number of piperidine rings is 3. The molecule has 8 aliphatic rings. The lowest BCUT2D eigenvalue weighted by Crippen LogP contribution is -2.68. The first-order valence-corrected chi connectivity index (χ1v) is 18.8. The number of nitrogens with zero attached hydrogens (tertiary/aromatic N) is 1. The summed E-state index contributed by atoms with van der Waals surface area (Å²) in [4.78, 5) is 0.130. The van der Waals surface area contributed by atoms with E-state index in [1.54, 1.807) is 0 Å². The van der Waals surface area contributed by atoms with Gasteiger partial charge in [-0.25, -0.2) is 0 Å². The van der Waals surface area contributed by atoms with Crippen molar-refractivity contribution in [3.8, 4) is 0 Å². The van der Waals surface area contributed by atoms with Gasteiger partial charge >= 0.3 is 0 Å². The van der Waals surface area contributed by atoms with Crippen molar-refractivity contribution in [1.29, 1.82) is 0 Å². The Morgan fingerprint density at radius 3 is 2.21 bits per heavy atom. The molecular weight excluding hydrogens is 586 g/mol. The predicted octanol–water partition coefficient (Wildman–Crippen LogP) is 7.30. The molecular formula is C37H61BrNO3+. The van der Waals surface area contributed by atoms with Gasteiger partial charge in [0.15, 0.2) is 4.95 Å². The second-order valence-corrected chi connectivity index (χ2v) is 19.4. The fraction of sp³-hybridized carbons (Fsp3) is 0.946. The van der Waals surface area contributed by atoms with Crippen molar-refractivity contribution in [3.05, 3.63) is 12.2 Å². The molecule has 12 atom stereocenters. The molecule has 0 aromatic rings. The highest BCUT2D eigenvalue weighted by molar-refractivity contribution is 9.09. The molecule has 8 fully saturated rings. The van der Waals surface area contributed by atoms with Crippen LogP contribution in [-0.2, 0) is 0 Å². The summed E-state index contributed by atoms with van der Waals surface area (Å²) < 4.78 is 0.967. The van der Waals surface area contributed by atoms with Crippen molar-refractivity contribution in [2.24, 2.45) is 62.6 Å². The van der Waals surface area contributed by atoms with E-state index in [9.17, 15) is 15.3 Å². The third-order valence-electron chi connectivity index (χ3n) is 17.1. The van der Waals surface area contributed by atoms with Gasteiger partial charge in [-0.15, -0.1) is 0 Å². The van der Waals surface area contributed by atoms with Gasteiger partial charge in [-0.1, -0.05) is 41.2 Å². The highest BCUT2D eigenvalue weighted by atomic mass is 79.9. The molecule has 0 amide bonds. The third kappa shape index (κ3) is 3.79. The van der Waals surface area contributed by atoms with E-state index in [0.29, 0.717) is 52.9 Å². The van der Waals surface area contributed by atoms with Crippen molar-refractivity contribution in [2.75, 3.05) is 26.2 Å². The second-order valence-electron chi connectivity index (χ2n) is 18.4. The Morgan fingerprint density at radius 1 is 0.810 bits per heavy atom. The van der Waals surface area contributed by atoms with Gasteiger partial charge in [0.25, 0.3) is 0 Å². The van der Waals surface area contributed by atoms with Crippen molar-refractivity contribution < 1.29 is 19.8 Å². The molecule has 5 aliphatic carbocycles. The summed E-state index contributed by atoms with van der Waals surface area (Å²) in [5, 5.41) is 33.2. The molecule has 3 N–H and O–H groups in total. The van der Waals surface area contributed by atoms with Crippen LogP contribution < -0.4 is 0 Å². The van der Waals surface area contributed by atoms with Gasteiger partial charge in [0.05, 0.1) is 19.2 Å².